The first kappa shape index (κ1) is 10.8. The fourth-order valence-corrected chi connectivity index (χ4v) is 1.25. The quantitative estimate of drug-likeness (QED) is 0.392. The highest BCUT2D eigenvalue weighted by Crippen LogP contribution is 1.88. The lowest BCUT2D eigenvalue weighted by Gasteiger charge is -2.15. The van der Waals surface area contributed by atoms with Gasteiger partial charge in [-0.05, 0) is 19.3 Å². The number of aliphatic imine (C=N–C) groups is 1. The van der Waals surface area contributed by atoms with Crippen LogP contribution in [0.15, 0.2) is 4.99 Å². The van der Waals surface area contributed by atoms with Crippen molar-refractivity contribution in [2.45, 2.75) is 19.3 Å². The molecule has 0 aromatic carbocycles. The van der Waals surface area contributed by atoms with Crippen molar-refractivity contribution in [1.82, 2.24) is 16.0 Å². The molecule has 1 radical (unpaired) electrons. The van der Waals surface area contributed by atoms with Gasteiger partial charge in [0.2, 0.25) is 0 Å². The minimum absolute atomic E-state index is 0.699. The fraction of sp³-hybridized carbons (Fsp3) is 0.778. The molecule has 14 heavy (non-hydrogen) atoms. The second-order valence-electron chi connectivity index (χ2n) is 3.17. The summed E-state index contributed by atoms with van der Waals surface area (Å²) in [5.74, 6) is 0.908. The minimum atomic E-state index is 0.699. The van der Waals surface area contributed by atoms with Crippen molar-refractivity contribution in [2.75, 3.05) is 26.2 Å². The Morgan fingerprint density at radius 3 is 3.00 bits per heavy atom. The molecule has 0 aromatic heterocycles. The first-order chi connectivity index (χ1) is 6.93. The Balaban J connectivity index is 1.92. The number of guanidine groups is 1. The molecule has 0 aliphatic carbocycles. The number of rotatable bonds is 6. The molecule has 1 rings (SSSR count). The zero-order valence-corrected chi connectivity index (χ0v) is 8.31. The van der Waals surface area contributed by atoms with Gasteiger partial charge in [0.05, 0.1) is 0 Å². The Bertz CT molecular complexity index is 193. The van der Waals surface area contributed by atoms with Gasteiger partial charge in [0.15, 0.2) is 5.96 Å². The molecular formula is C9H17N4O. The highest BCUT2D eigenvalue weighted by molar-refractivity contribution is 5.80. The zero-order chi connectivity index (χ0) is 10.1. The van der Waals surface area contributed by atoms with Gasteiger partial charge >= 0.3 is 6.41 Å². The largest absolute Gasteiger partial charge is 0.356 e. The summed E-state index contributed by atoms with van der Waals surface area (Å²) in [7, 11) is 0. The summed E-state index contributed by atoms with van der Waals surface area (Å²) in [6.45, 7) is 3.52. The topological polar surface area (TPSA) is 65.5 Å². The molecule has 0 saturated heterocycles. The van der Waals surface area contributed by atoms with Gasteiger partial charge in [-0.2, -0.15) is 0 Å². The lowest BCUT2D eigenvalue weighted by molar-refractivity contribution is 0.538. The van der Waals surface area contributed by atoms with Gasteiger partial charge in [0.1, 0.15) is 0 Å². The molecule has 0 saturated carbocycles. The summed E-state index contributed by atoms with van der Waals surface area (Å²) < 4.78 is 0. The van der Waals surface area contributed by atoms with Crippen molar-refractivity contribution in [2.24, 2.45) is 4.99 Å². The van der Waals surface area contributed by atoms with E-state index in [9.17, 15) is 4.79 Å². The van der Waals surface area contributed by atoms with E-state index in [1.807, 2.05) is 0 Å². The van der Waals surface area contributed by atoms with Crippen LogP contribution < -0.4 is 16.0 Å². The van der Waals surface area contributed by atoms with Gasteiger partial charge in [-0.3, -0.25) is 9.79 Å². The number of nitrogens with zero attached hydrogens (tertiary/aromatic N) is 1. The molecule has 1 aliphatic rings. The SMILES string of the molecule is O=[C]NCCCCNC1=NCCCN1. The fourth-order valence-electron chi connectivity index (χ4n) is 1.25. The molecule has 79 valence electrons. The van der Waals surface area contributed by atoms with Crippen LogP contribution in [0.2, 0.25) is 0 Å². The number of carbonyl (C=O) groups excluding carboxylic acids is 1. The van der Waals surface area contributed by atoms with E-state index in [4.69, 9.17) is 0 Å². The van der Waals surface area contributed by atoms with Crippen LogP contribution in [-0.4, -0.2) is 38.5 Å². The van der Waals surface area contributed by atoms with Crippen LogP contribution in [0.1, 0.15) is 19.3 Å². The van der Waals surface area contributed by atoms with Gasteiger partial charge in [-0.15, -0.1) is 0 Å². The summed E-state index contributed by atoms with van der Waals surface area (Å²) in [5.41, 5.74) is 0. The Hall–Kier alpha value is -1.26. The standard InChI is InChI=1S/C9H17N4O/c14-8-10-4-1-2-5-11-9-12-6-3-7-13-9/h1-7H2,(H,10,14)(H2,11,12,13). The monoisotopic (exact) mass is 197 g/mol. The lowest BCUT2D eigenvalue weighted by Crippen LogP contribution is -2.41. The Kier molecular flexibility index (Phi) is 5.54. The van der Waals surface area contributed by atoms with Crippen LogP contribution in [0.25, 0.3) is 0 Å². The van der Waals surface area contributed by atoms with Crippen LogP contribution >= 0.6 is 0 Å². The molecule has 0 spiro atoms. The van der Waals surface area contributed by atoms with E-state index in [1.165, 1.54) is 0 Å². The molecular weight excluding hydrogens is 180 g/mol. The average Bonchev–Trinajstić information content (AvgIpc) is 2.25. The second kappa shape index (κ2) is 7.17. The van der Waals surface area contributed by atoms with Crippen molar-refractivity contribution in [1.29, 1.82) is 0 Å². The number of nitrogens with one attached hydrogen (secondary N) is 3. The van der Waals surface area contributed by atoms with Crippen molar-refractivity contribution in [3.8, 4) is 0 Å². The summed E-state index contributed by atoms with van der Waals surface area (Å²) in [5, 5.41) is 8.90. The maximum atomic E-state index is 9.80. The average molecular weight is 197 g/mol. The van der Waals surface area contributed by atoms with E-state index in [2.05, 4.69) is 20.9 Å². The summed E-state index contributed by atoms with van der Waals surface area (Å²) in [4.78, 5) is 14.1. The van der Waals surface area contributed by atoms with Crippen molar-refractivity contribution in [3.63, 3.8) is 0 Å². The predicted octanol–water partition coefficient (Wildman–Crippen LogP) is -0.638. The third-order valence-electron chi connectivity index (χ3n) is 1.99. The number of hydrogen-bond acceptors (Lipinski definition) is 4. The minimum Gasteiger partial charge on any atom is -0.356 e. The maximum Gasteiger partial charge on any atom is 0.309 e. The van der Waals surface area contributed by atoms with E-state index in [0.29, 0.717) is 6.54 Å². The molecule has 3 N–H and O–H groups in total. The normalized spacial score (nSPS) is 15.3. The van der Waals surface area contributed by atoms with Gasteiger partial charge in [-0.25, -0.2) is 0 Å². The van der Waals surface area contributed by atoms with Gasteiger partial charge in [0.25, 0.3) is 0 Å². The third kappa shape index (κ3) is 4.69. The Labute approximate surface area is 84.4 Å². The van der Waals surface area contributed by atoms with E-state index in [1.54, 1.807) is 6.41 Å². The molecule has 1 amide bonds. The summed E-state index contributed by atoms with van der Waals surface area (Å²) in [6, 6.07) is 0. The van der Waals surface area contributed by atoms with Crippen LogP contribution in [0.4, 0.5) is 0 Å². The molecule has 1 aliphatic heterocycles. The third-order valence-corrected chi connectivity index (χ3v) is 1.99. The Morgan fingerprint density at radius 2 is 2.29 bits per heavy atom. The van der Waals surface area contributed by atoms with Crippen molar-refractivity contribution in [3.05, 3.63) is 0 Å². The van der Waals surface area contributed by atoms with Crippen molar-refractivity contribution >= 4 is 12.4 Å². The zero-order valence-electron chi connectivity index (χ0n) is 8.31. The number of amides is 1. The van der Waals surface area contributed by atoms with Gasteiger partial charge < -0.3 is 16.0 Å². The molecule has 0 bridgehead atoms. The molecule has 0 unspecified atom stereocenters. The van der Waals surface area contributed by atoms with Crippen LogP contribution in [0.5, 0.6) is 0 Å². The number of unbranched alkanes of at least 4 members (excludes halogenated alkanes) is 1. The van der Waals surface area contributed by atoms with E-state index in [0.717, 1.165) is 44.9 Å². The van der Waals surface area contributed by atoms with Gasteiger partial charge in [-0.1, -0.05) is 0 Å². The summed E-state index contributed by atoms with van der Waals surface area (Å²) >= 11 is 0. The van der Waals surface area contributed by atoms with Crippen LogP contribution in [-0.2, 0) is 4.79 Å². The molecule has 0 fully saturated rings. The lowest BCUT2D eigenvalue weighted by atomic mass is 10.3. The molecule has 5 nitrogen and oxygen atoms in total. The second-order valence-corrected chi connectivity index (χ2v) is 3.17. The van der Waals surface area contributed by atoms with E-state index >= 15 is 0 Å². The van der Waals surface area contributed by atoms with E-state index < -0.39 is 0 Å². The highest BCUT2D eigenvalue weighted by Gasteiger charge is 2.01. The first-order valence-corrected chi connectivity index (χ1v) is 5.05. The van der Waals surface area contributed by atoms with Crippen LogP contribution in [0.3, 0.4) is 0 Å². The highest BCUT2D eigenvalue weighted by atomic mass is 16.1. The predicted molar refractivity (Wildman–Crippen MR) is 55.9 cm³/mol. The van der Waals surface area contributed by atoms with E-state index in [-0.39, 0.29) is 0 Å². The molecule has 0 atom stereocenters. The smallest absolute Gasteiger partial charge is 0.309 e. The first-order valence-electron chi connectivity index (χ1n) is 5.05. The maximum absolute atomic E-state index is 9.80. The molecule has 0 aromatic rings. The molecule has 5 heteroatoms. The Morgan fingerprint density at radius 1 is 1.43 bits per heavy atom. The summed E-state index contributed by atoms with van der Waals surface area (Å²) in [6.07, 6.45) is 4.76. The molecule has 1 heterocycles. The van der Waals surface area contributed by atoms with Crippen molar-refractivity contribution < 1.29 is 4.79 Å². The van der Waals surface area contributed by atoms with Crippen LogP contribution in [0, 0.1) is 0 Å². The van der Waals surface area contributed by atoms with Gasteiger partial charge in [0, 0.05) is 26.2 Å². The number of hydrogen-bond donors (Lipinski definition) is 3.